The van der Waals surface area contributed by atoms with Crippen LogP contribution in [0.25, 0.3) is 10.1 Å². The zero-order valence-corrected chi connectivity index (χ0v) is 20.5. The van der Waals surface area contributed by atoms with Crippen molar-refractivity contribution in [2.75, 3.05) is 31.5 Å². The molecule has 2 aromatic rings. The number of Topliss-reactive ketones (excluding diaryl/α,β-unsaturated/α-hetero) is 1. The van der Waals surface area contributed by atoms with Crippen LogP contribution >= 0.6 is 11.3 Å². The molecule has 2 atom stereocenters. The van der Waals surface area contributed by atoms with Gasteiger partial charge in [-0.2, -0.15) is 0 Å². The number of ketones is 1. The summed E-state index contributed by atoms with van der Waals surface area (Å²) in [4.78, 5) is 69.7. The molecule has 0 radical (unpaired) electrons. The maximum absolute atomic E-state index is 14.1. The van der Waals surface area contributed by atoms with E-state index in [1.807, 2.05) is 24.3 Å². The molecule has 12 heteroatoms. The van der Waals surface area contributed by atoms with Crippen LogP contribution in [-0.4, -0.2) is 72.0 Å². The number of imide groups is 1. The van der Waals surface area contributed by atoms with Crippen LogP contribution < -0.4 is 21.3 Å². The number of carbonyl (C=O) groups excluding carboxylic acids is 5. The van der Waals surface area contributed by atoms with Gasteiger partial charge in [0.1, 0.15) is 10.8 Å². The van der Waals surface area contributed by atoms with Gasteiger partial charge in [-0.1, -0.05) is 18.2 Å². The van der Waals surface area contributed by atoms with Crippen LogP contribution in [0.4, 0.5) is 9.80 Å². The zero-order valence-electron chi connectivity index (χ0n) is 19.7. The lowest BCUT2D eigenvalue weighted by molar-refractivity contribution is -0.137. The highest BCUT2D eigenvalue weighted by molar-refractivity contribution is 7.23. The Bertz CT molecular complexity index is 1300. The second-order valence-electron chi connectivity index (χ2n) is 8.97. The lowest BCUT2D eigenvalue weighted by Crippen LogP contribution is -2.57. The molecule has 2 fully saturated rings. The van der Waals surface area contributed by atoms with E-state index in [9.17, 15) is 24.0 Å². The Labute approximate surface area is 210 Å². The number of aliphatic imine (C=N–C) groups is 1. The van der Waals surface area contributed by atoms with Crippen LogP contribution in [0.5, 0.6) is 0 Å². The normalized spacial score (nSPS) is 23.8. The molecule has 0 aliphatic carbocycles. The third kappa shape index (κ3) is 4.05. The van der Waals surface area contributed by atoms with Gasteiger partial charge >= 0.3 is 6.03 Å². The van der Waals surface area contributed by atoms with Gasteiger partial charge in [-0.3, -0.25) is 34.4 Å². The Kier molecular flexibility index (Phi) is 6.31. The van der Waals surface area contributed by atoms with E-state index in [0.717, 1.165) is 9.60 Å². The van der Waals surface area contributed by atoms with Crippen LogP contribution in [0.3, 0.4) is 0 Å². The number of fused-ring (bicyclic) bond motifs is 1. The summed E-state index contributed by atoms with van der Waals surface area (Å²) < 4.78 is 0.830. The first kappa shape index (κ1) is 24.1. The van der Waals surface area contributed by atoms with Crippen LogP contribution in [0.1, 0.15) is 36.5 Å². The molecule has 3 aliphatic rings. The second-order valence-corrected chi connectivity index (χ2v) is 10.0. The molecule has 4 heterocycles. The standard InChI is InChI=1S/C24H26N6O5S/c1-2-26-23(35)28-21-19(13-5-3-4-6-15(13)36-21)20(33)14-11-25-10-9-24(14)22(34)27-16(29-24)12-30-17(31)7-8-18(30)32/h3-6,14,25H,2,7-12H2,1H3,(H2,26,28,35)(H,27,29,34). The molecule has 188 valence electrons. The van der Waals surface area contributed by atoms with E-state index in [1.54, 1.807) is 6.92 Å². The molecule has 4 N–H and O–H groups in total. The number of rotatable bonds is 6. The van der Waals surface area contributed by atoms with Gasteiger partial charge in [0.25, 0.3) is 5.91 Å². The SMILES string of the molecule is CCNC(=O)Nc1sc2ccccc2c1C(=O)C1CNCCC12N=C(CN1C(=O)CCC1=O)NC2=O. The van der Waals surface area contributed by atoms with Crippen LogP contribution in [0.15, 0.2) is 29.3 Å². The van der Waals surface area contributed by atoms with E-state index in [2.05, 4.69) is 26.3 Å². The fraction of sp³-hybridized carbons (Fsp3) is 0.417. The van der Waals surface area contributed by atoms with Gasteiger partial charge in [0.05, 0.1) is 18.0 Å². The highest BCUT2D eigenvalue weighted by atomic mass is 32.1. The molecule has 5 amide bonds. The Hall–Kier alpha value is -3.64. The number of anilines is 1. The molecule has 5 rings (SSSR count). The van der Waals surface area contributed by atoms with Crippen molar-refractivity contribution in [3.63, 3.8) is 0 Å². The van der Waals surface area contributed by atoms with Gasteiger partial charge < -0.3 is 16.0 Å². The molecule has 1 spiro atoms. The van der Waals surface area contributed by atoms with E-state index in [1.165, 1.54) is 11.3 Å². The summed E-state index contributed by atoms with van der Waals surface area (Å²) in [6.07, 6.45) is 0.563. The predicted octanol–water partition coefficient (Wildman–Crippen LogP) is 1.25. The Balaban J connectivity index is 1.52. The minimum Gasteiger partial charge on any atom is -0.338 e. The maximum atomic E-state index is 14.1. The quantitative estimate of drug-likeness (QED) is 0.340. The van der Waals surface area contributed by atoms with E-state index >= 15 is 0 Å². The molecule has 2 saturated heterocycles. The molecule has 1 aromatic heterocycles. The number of amides is 5. The van der Waals surface area contributed by atoms with Gasteiger partial charge in [-0.15, -0.1) is 11.3 Å². The fourth-order valence-corrected chi connectivity index (χ4v) is 6.13. The molecular weight excluding hydrogens is 484 g/mol. The molecule has 36 heavy (non-hydrogen) atoms. The summed E-state index contributed by atoms with van der Waals surface area (Å²) in [5, 5.41) is 12.5. The van der Waals surface area contributed by atoms with Crippen molar-refractivity contribution >= 4 is 61.8 Å². The number of piperidine rings is 1. The van der Waals surface area contributed by atoms with Crippen molar-refractivity contribution in [2.45, 2.75) is 31.7 Å². The monoisotopic (exact) mass is 510 g/mol. The second kappa shape index (κ2) is 9.43. The molecule has 11 nitrogen and oxygen atoms in total. The lowest BCUT2D eigenvalue weighted by Gasteiger charge is -2.36. The van der Waals surface area contributed by atoms with Gasteiger partial charge in [-0.25, -0.2) is 4.79 Å². The minimum absolute atomic E-state index is 0.120. The number of hydrogen-bond donors (Lipinski definition) is 4. The molecule has 1 aromatic carbocycles. The number of amidine groups is 1. The van der Waals surface area contributed by atoms with Crippen LogP contribution in [-0.2, 0) is 14.4 Å². The molecule has 2 unspecified atom stereocenters. The maximum Gasteiger partial charge on any atom is 0.319 e. The summed E-state index contributed by atoms with van der Waals surface area (Å²) in [5.74, 6) is -1.97. The highest BCUT2D eigenvalue weighted by Crippen LogP contribution is 2.41. The van der Waals surface area contributed by atoms with Gasteiger partial charge in [0.15, 0.2) is 11.3 Å². The number of carbonyl (C=O) groups is 5. The van der Waals surface area contributed by atoms with Crippen molar-refractivity contribution < 1.29 is 24.0 Å². The Morgan fingerprint density at radius 3 is 2.69 bits per heavy atom. The number of nitrogens with one attached hydrogen (secondary N) is 4. The Morgan fingerprint density at radius 2 is 1.94 bits per heavy atom. The average Bonchev–Trinajstić information content (AvgIpc) is 3.48. The summed E-state index contributed by atoms with van der Waals surface area (Å²) >= 11 is 1.29. The van der Waals surface area contributed by atoms with E-state index in [-0.39, 0.29) is 55.8 Å². The van der Waals surface area contributed by atoms with Crippen LogP contribution in [0, 0.1) is 5.92 Å². The largest absolute Gasteiger partial charge is 0.338 e. The molecule has 0 saturated carbocycles. The number of thiophene rings is 1. The topological polar surface area (TPSA) is 149 Å². The third-order valence-corrected chi connectivity index (χ3v) is 7.87. The molecule has 3 aliphatic heterocycles. The van der Waals surface area contributed by atoms with Crippen molar-refractivity contribution in [2.24, 2.45) is 10.9 Å². The number of urea groups is 1. The van der Waals surface area contributed by atoms with Gasteiger partial charge in [0, 0.05) is 36.0 Å². The summed E-state index contributed by atoms with van der Waals surface area (Å²) in [6.45, 7) is 2.80. The number of nitrogens with zero attached hydrogens (tertiary/aromatic N) is 2. The molecule has 0 bridgehead atoms. The zero-order chi connectivity index (χ0) is 25.4. The first-order valence-electron chi connectivity index (χ1n) is 11.9. The van der Waals surface area contributed by atoms with Crippen molar-refractivity contribution in [1.29, 1.82) is 0 Å². The number of hydrogen-bond acceptors (Lipinski definition) is 8. The van der Waals surface area contributed by atoms with E-state index in [0.29, 0.717) is 29.0 Å². The van der Waals surface area contributed by atoms with Crippen LogP contribution in [0.2, 0.25) is 0 Å². The van der Waals surface area contributed by atoms with E-state index < -0.39 is 23.4 Å². The highest BCUT2D eigenvalue weighted by Gasteiger charge is 2.54. The van der Waals surface area contributed by atoms with E-state index in [4.69, 9.17) is 0 Å². The van der Waals surface area contributed by atoms with Crippen molar-refractivity contribution in [3.8, 4) is 0 Å². The van der Waals surface area contributed by atoms with Crippen molar-refractivity contribution in [3.05, 3.63) is 29.8 Å². The van der Waals surface area contributed by atoms with Gasteiger partial charge in [0.2, 0.25) is 11.8 Å². The average molecular weight is 511 g/mol. The Morgan fingerprint density at radius 1 is 1.19 bits per heavy atom. The smallest absolute Gasteiger partial charge is 0.319 e. The summed E-state index contributed by atoms with van der Waals surface area (Å²) in [6, 6.07) is 6.94. The number of benzene rings is 1. The summed E-state index contributed by atoms with van der Waals surface area (Å²) in [5.41, 5.74) is -1.02. The predicted molar refractivity (Wildman–Crippen MR) is 134 cm³/mol. The first-order chi connectivity index (χ1) is 17.3. The fourth-order valence-electron chi connectivity index (χ4n) is 5.03. The third-order valence-electron chi connectivity index (χ3n) is 6.78. The lowest BCUT2D eigenvalue weighted by atomic mass is 9.74. The minimum atomic E-state index is -1.37. The first-order valence-corrected chi connectivity index (χ1v) is 12.7. The summed E-state index contributed by atoms with van der Waals surface area (Å²) in [7, 11) is 0. The van der Waals surface area contributed by atoms with Gasteiger partial charge in [-0.05, 0) is 26.0 Å². The number of likely N-dealkylation sites (tertiary alicyclic amines) is 1. The van der Waals surface area contributed by atoms with Crippen molar-refractivity contribution in [1.82, 2.24) is 20.9 Å². The molecular formula is C24H26N6O5S.